The van der Waals surface area contributed by atoms with Crippen LogP contribution < -0.4 is 5.32 Å². The zero-order valence-corrected chi connectivity index (χ0v) is 13.0. The van der Waals surface area contributed by atoms with Crippen molar-refractivity contribution < 1.29 is 0 Å². The van der Waals surface area contributed by atoms with Gasteiger partial charge in [-0.25, -0.2) is 0 Å². The average molecular weight is 260 g/mol. The third-order valence-electron chi connectivity index (χ3n) is 4.52. The zero-order chi connectivity index (χ0) is 14.0. The molecule has 2 nitrogen and oxygen atoms in total. The van der Waals surface area contributed by atoms with Crippen molar-refractivity contribution in [2.75, 3.05) is 18.9 Å². The highest BCUT2D eigenvalue weighted by molar-refractivity contribution is 5.47. The second-order valence-electron chi connectivity index (χ2n) is 6.53. The van der Waals surface area contributed by atoms with Crippen molar-refractivity contribution in [3.8, 4) is 0 Å². The molecule has 1 aliphatic heterocycles. The molecule has 0 saturated carbocycles. The summed E-state index contributed by atoms with van der Waals surface area (Å²) >= 11 is 0. The van der Waals surface area contributed by atoms with Crippen molar-refractivity contribution in [1.82, 2.24) is 4.90 Å². The van der Waals surface area contributed by atoms with E-state index in [1.165, 1.54) is 24.2 Å². The first-order valence-electron chi connectivity index (χ1n) is 7.54. The molecule has 2 heteroatoms. The smallest absolute Gasteiger partial charge is 0.0345 e. The molecule has 1 saturated heterocycles. The van der Waals surface area contributed by atoms with Crippen LogP contribution in [0.4, 0.5) is 5.69 Å². The van der Waals surface area contributed by atoms with Crippen LogP contribution >= 0.6 is 0 Å². The Morgan fingerprint density at radius 2 is 2.00 bits per heavy atom. The maximum absolute atomic E-state index is 3.75. The normalized spacial score (nSPS) is 28.6. The molecule has 19 heavy (non-hydrogen) atoms. The van der Waals surface area contributed by atoms with Crippen LogP contribution in [-0.4, -0.2) is 30.6 Å². The number of hydrogen-bond donors (Lipinski definition) is 1. The van der Waals surface area contributed by atoms with Gasteiger partial charge in [0.15, 0.2) is 0 Å². The van der Waals surface area contributed by atoms with Crippen LogP contribution in [0.3, 0.4) is 0 Å². The summed E-state index contributed by atoms with van der Waals surface area (Å²) < 4.78 is 0. The van der Waals surface area contributed by atoms with Gasteiger partial charge in [-0.05, 0) is 49.9 Å². The van der Waals surface area contributed by atoms with Crippen LogP contribution in [-0.2, 0) is 0 Å². The predicted octanol–water partition coefficient (Wildman–Crippen LogP) is 3.95. The molecule has 0 radical (unpaired) electrons. The Hall–Kier alpha value is -1.02. The summed E-state index contributed by atoms with van der Waals surface area (Å²) in [5.74, 6) is 1.29. The van der Waals surface area contributed by atoms with Gasteiger partial charge in [-0.2, -0.15) is 0 Å². The molecule has 1 aromatic carbocycles. The second-order valence-corrected chi connectivity index (χ2v) is 6.53. The Labute approximate surface area is 118 Å². The van der Waals surface area contributed by atoms with Gasteiger partial charge in [0.05, 0.1) is 0 Å². The Bertz CT molecular complexity index is 413. The zero-order valence-electron chi connectivity index (χ0n) is 13.0. The first-order valence-corrected chi connectivity index (χ1v) is 7.54. The van der Waals surface area contributed by atoms with Crippen LogP contribution in [0.15, 0.2) is 24.3 Å². The number of anilines is 1. The fourth-order valence-electron chi connectivity index (χ4n) is 2.94. The lowest BCUT2D eigenvalue weighted by molar-refractivity contribution is 0.145. The van der Waals surface area contributed by atoms with Crippen molar-refractivity contribution in [2.45, 2.75) is 52.1 Å². The highest BCUT2D eigenvalue weighted by Crippen LogP contribution is 2.25. The lowest BCUT2D eigenvalue weighted by atomic mass is 9.89. The number of rotatable bonds is 3. The number of benzene rings is 1. The van der Waals surface area contributed by atoms with Gasteiger partial charge in [-0.1, -0.05) is 32.9 Å². The molecule has 0 spiro atoms. The fraction of sp³-hybridized carbons (Fsp3) is 0.647. The molecule has 0 bridgehead atoms. The monoisotopic (exact) mass is 260 g/mol. The number of likely N-dealkylation sites (tertiary alicyclic amines) is 1. The van der Waals surface area contributed by atoms with Crippen molar-refractivity contribution in [3.63, 3.8) is 0 Å². The second kappa shape index (κ2) is 5.96. The Balaban J connectivity index is 2.06. The van der Waals surface area contributed by atoms with E-state index < -0.39 is 0 Å². The van der Waals surface area contributed by atoms with Gasteiger partial charge in [-0.3, -0.25) is 0 Å². The number of nitrogens with zero attached hydrogens (tertiary/aromatic N) is 1. The van der Waals surface area contributed by atoms with Crippen LogP contribution in [0.25, 0.3) is 0 Å². The summed E-state index contributed by atoms with van der Waals surface area (Å²) in [6.45, 7) is 10.4. The van der Waals surface area contributed by atoms with Gasteiger partial charge in [0.1, 0.15) is 0 Å². The summed E-state index contributed by atoms with van der Waals surface area (Å²) in [4.78, 5) is 2.47. The van der Waals surface area contributed by atoms with E-state index in [0.717, 1.165) is 0 Å². The van der Waals surface area contributed by atoms with E-state index in [2.05, 4.69) is 69.2 Å². The van der Waals surface area contributed by atoms with Gasteiger partial charge in [0.25, 0.3) is 0 Å². The van der Waals surface area contributed by atoms with Gasteiger partial charge >= 0.3 is 0 Å². The molecule has 3 atom stereocenters. The maximum atomic E-state index is 3.75. The van der Waals surface area contributed by atoms with E-state index in [0.29, 0.717) is 23.9 Å². The predicted molar refractivity (Wildman–Crippen MR) is 83.8 cm³/mol. The lowest BCUT2D eigenvalue weighted by Crippen LogP contribution is -2.48. The SMILES string of the molecule is CC(C)c1cccc(NC2CC(C)N(C)CC2C)c1. The average Bonchev–Trinajstić information content (AvgIpc) is 2.36. The molecule has 2 rings (SSSR count). The third-order valence-corrected chi connectivity index (χ3v) is 4.52. The van der Waals surface area contributed by atoms with Crippen LogP contribution in [0.1, 0.15) is 45.6 Å². The number of nitrogens with one attached hydrogen (secondary N) is 1. The molecule has 0 aliphatic carbocycles. The fourth-order valence-corrected chi connectivity index (χ4v) is 2.94. The molecule has 1 heterocycles. The standard InChI is InChI=1S/C17H28N2/c1-12(2)15-7-6-8-16(10-15)18-17-9-14(4)19(5)11-13(17)3/h6-8,10,12-14,17-18H,9,11H2,1-5H3. The Morgan fingerprint density at radius 3 is 2.68 bits per heavy atom. The molecule has 1 fully saturated rings. The van der Waals surface area contributed by atoms with Gasteiger partial charge in [0, 0.05) is 24.3 Å². The van der Waals surface area contributed by atoms with Crippen molar-refractivity contribution in [2.24, 2.45) is 5.92 Å². The number of hydrogen-bond acceptors (Lipinski definition) is 2. The van der Waals surface area contributed by atoms with Gasteiger partial charge in [-0.15, -0.1) is 0 Å². The first-order chi connectivity index (χ1) is 8.97. The minimum Gasteiger partial charge on any atom is -0.382 e. The summed E-state index contributed by atoms with van der Waals surface area (Å²) in [6.07, 6.45) is 1.23. The molecule has 0 amide bonds. The topological polar surface area (TPSA) is 15.3 Å². The minimum atomic E-state index is 0.591. The van der Waals surface area contributed by atoms with Crippen LogP contribution in [0, 0.1) is 5.92 Å². The minimum absolute atomic E-state index is 0.591. The quantitative estimate of drug-likeness (QED) is 0.885. The molecule has 0 aromatic heterocycles. The van der Waals surface area contributed by atoms with E-state index in [4.69, 9.17) is 0 Å². The number of piperidine rings is 1. The highest BCUT2D eigenvalue weighted by atomic mass is 15.2. The van der Waals surface area contributed by atoms with Crippen LogP contribution in [0.5, 0.6) is 0 Å². The van der Waals surface area contributed by atoms with E-state index in [-0.39, 0.29) is 0 Å². The van der Waals surface area contributed by atoms with Crippen molar-refractivity contribution in [1.29, 1.82) is 0 Å². The first kappa shape index (κ1) is 14.4. The summed E-state index contributed by atoms with van der Waals surface area (Å²) in [5, 5.41) is 3.75. The van der Waals surface area contributed by atoms with E-state index >= 15 is 0 Å². The Kier molecular flexibility index (Phi) is 4.51. The van der Waals surface area contributed by atoms with E-state index in [1.54, 1.807) is 0 Å². The largest absolute Gasteiger partial charge is 0.382 e. The lowest BCUT2D eigenvalue weighted by Gasteiger charge is -2.40. The van der Waals surface area contributed by atoms with Gasteiger partial charge in [0.2, 0.25) is 0 Å². The van der Waals surface area contributed by atoms with E-state index in [1.807, 2.05) is 0 Å². The van der Waals surface area contributed by atoms with Gasteiger partial charge < -0.3 is 10.2 Å². The molecular weight excluding hydrogens is 232 g/mol. The highest BCUT2D eigenvalue weighted by Gasteiger charge is 2.28. The molecule has 1 N–H and O–H groups in total. The molecule has 106 valence electrons. The molecule has 3 unspecified atom stereocenters. The summed E-state index contributed by atoms with van der Waals surface area (Å²) in [6, 6.07) is 10.1. The molecule has 1 aromatic rings. The third kappa shape index (κ3) is 3.50. The van der Waals surface area contributed by atoms with E-state index in [9.17, 15) is 0 Å². The van der Waals surface area contributed by atoms with Crippen molar-refractivity contribution >= 4 is 5.69 Å². The molecule has 1 aliphatic rings. The molecular formula is C17H28N2. The van der Waals surface area contributed by atoms with Crippen LogP contribution in [0.2, 0.25) is 0 Å². The Morgan fingerprint density at radius 1 is 1.26 bits per heavy atom. The summed E-state index contributed by atoms with van der Waals surface area (Å²) in [5.41, 5.74) is 2.69. The maximum Gasteiger partial charge on any atom is 0.0345 e. The summed E-state index contributed by atoms with van der Waals surface area (Å²) in [7, 11) is 2.23. The van der Waals surface area contributed by atoms with Crippen molar-refractivity contribution in [3.05, 3.63) is 29.8 Å².